The van der Waals surface area contributed by atoms with Crippen LogP contribution in [0.2, 0.25) is 0 Å². The Bertz CT molecular complexity index is 1340. The van der Waals surface area contributed by atoms with Crippen LogP contribution in [0, 0.1) is 11.3 Å². The highest BCUT2D eigenvalue weighted by Crippen LogP contribution is 2.27. The summed E-state index contributed by atoms with van der Waals surface area (Å²) in [6.07, 6.45) is 1.80. The maximum atomic E-state index is 9.07. The zero-order valence-electron chi connectivity index (χ0n) is 16.1. The number of hydrogen-bond donors (Lipinski definition) is 2. The molecule has 0 fully saturated rings. The van der Waals surface area contributed by atoms with Crippen molar-refractivity contribution >= 4 is 22.3 Å². The summed E-state index contributed by atoms with van der Waals surface area (Å²) in [7, 11) is 0. The number of nitrogens with zero attached hydrogens (tertiary/aromatic N) is 2. The summed E-state index contributed by atoms with van der Waals surface area (Å²) >= 11 is 0. The maximum absolute atomic E-state index is 9.07. The van der Waals surface area contributed by atoms with Gasteiger partial charge in [0.2, 0.25) is 0 Å². The molecule has 2 N–H and O–H groups in total. The van der Waals surface area contributed by atoms with Crippen molar-refractivity contribution in [2.45, 2.75) is 0 Å². The van der Waals surface area contributed by atoms with E-state index in [-0.39, 0.29) is 0 Å². The molecule has 0 aliphatic rings. The number of aromatic nitrogens is 2. The van der Waals surface area contributed by atoms with E-state index in [9.17, 15) is 0 Å². The summed E-state index contributed by atoms with van der Waals surface area (Å²) in [5.41, 5.74) is 7.86. The molecule has 0 radical (unpaired) electrons. The van der Waals surface area contributed by atoms with Gasteiger partial charge in [-0.25, -0.2) is 0 Å². The predicted molar refractivity (Wildman–Crippen MR) is 121 cm³/mol. The third kappa shape index (κ3) is 3.52. The van der Waals surface area contributed by atoms with Crippen LogP contribution in [0.15, 0.2) is 97.2 Å². The number of H-pyrrole nitrogens is 1. The lowest BCUT2D eigenvalue weighted by Crippen LogP contribution is -1.90. The largest absolute Gasteiger partial charge is 0.356 e. The zero-order chi connectivity index (χ0) is 20.3. The summed E-state index contributed by atoms with van der Waals surface area (Å²) in [5, 5.41) is 13.6. The van der Waals surface area contributed by atoms with Crippen LogP contribution in [0.25, 0.3) is 33.4 Å². The van der Waals surface area contributed by atoms with Crippen LogP contribution in [0.1, 0.15) is 5.56 Å². The monoisotopic (exact) mass is 386 g/mol. The molecule has 3 aromatic carbocycles. The second-order valence-corrected chi connectivity index (χ2v) is 7.09. The van der Waals surface area contributed by atoms with Crippen LogP contribution in [0.4, 0.5) is 11.4 Å². The molecule has 4 heteroatoms. The number of nitrogens with one attached hydrogen (secondary N) is 2. The first-order valence-corrected chi connectivity index (χ1v) is 9.70. The van der Waals surface area contributed by atoms with Crippen molar-refractivity contribution in [2.75, 3.05) is 5.32 Å². The number of aromatic amines is 1. The van der Waals surface area contributed by atoms with Gasteiger partial charge in [-0.15, -0.1) is 0 Å². The van der Waals surface area contributed by atoms with Gasteiger partial charge >= 0.3 is 0 Å². The van der Waals surface area contributed by atoms with Crippen LogP contribution in [-0.2, 0) is 0 Å². The smallest absolute Gasteiger partial charge is 0.0992 e. The van der Waals surface area contributed by atoms with Crippen molar-refractivity contribution < 1.29 is 0 Å². The number of fused-ring (bicyclic) bond motifs is 1. The van der Waals surface area contributed by atoms with Gasteiger partial charge < -0.3 is 10.3 Å². The molecule has 5 rings (SSSR count). The third-order valence-corrected chi connectivity index (χ3v) is 5.08. The van der Waals surface area contributed by atoms with E-state index in [1.165, 1.54) is 0 Å². The van der Waals surface area contributed by atoms with E-state index < -0.39 is 0 Å². The van der Waals surface area contributed by atoms with Crippen molar-refractivity contribution in [3.63, 3.8) is 0 Å². The van der Waals surface area contributed by atoms with Gasteiger partial charge in [-0.2, -0.15) is 5.26 Å². The van der Waals surface area contributed by atoms with Gasteiger partial charge in [0.25, 0.3) is 0 Å². The molecular formula is C26H18N4. The van der Waals surface area contributed by atoms with Crippen LogP contribution < -0.4 is 5.32 Å². The molecule has 0 aliphatic carbocycles. The Kier molecular flexibility index (Phi) is 4.47. The van der Waals surface area contributed by atoms with Crippen molar-refractivity contribution in [1.29, 1.82) is 5.26 Å². The number of pyridine rings is 1. The van der Waals surface area contributed by atoms with Crippen LogP contribution in [0.5, 0.6) is 0 Å². The Morgan fingerprint density at radius 1 is 0.767 bits per heavy atom. The molecule has 0 unspecified atom stereocenters. The number of anilines is 2. The fourth-order valence-electron chi connectivity index (χ4n) is 3.51. The van der Waals surface area contributed by atoms with E-state index in [1.807, 2.05) is 36.4 Å². The SMILES string of the molecule is N#Cc1ccc2cc(-c3ccc(Nc4ccc(-c5ccccn5)cc4)cc3)[nH]c2c1. The molecule has 0 atom stereocenters. The van der Waals surface area contributed by atoms with Crippen molar-refractivity contribution in [3.8, 4) is 28.6 Å². The van der Waals surface area contributed by atoms with Gasteiger partial charge in [-0.1, -0.05) is 36.4 Å². The van der Waals surface area contributed by atoms with Crippen LogP contribution in [-0.4, -0.2) is 9.97 Å². The van der Waals surface area contributed by atoms with Gasteiger partial charge in [-0.05, 0) is 60.2 Å². The Hall–Kier alpha value is -4.36. The topological polar surface area (TPSA) is 64.5 Å². The quantitative estimate of drug-likeness (QED) is 0.370. The minimum absolute atomic E-state index is 0.657. The number of benzene rings is 3. The average Bonchev–Trinajstić information content (AvgIpc) is 3.24. The highest BCUT2D eigenvalue weighted by molar-refractivity contribution is 5.87. The van der Waals surface area contributed by atoms with E-state index in [1.54, 1.807) is 6.20 Å². The number of rotatable bonds is 4. The van der Waals surface area contributed by atoms with E-state index in [0.29, 0.717) is 5.56 Å². The van der Waals surface area contributed by atoms with Crippen molar-refractivity contribution in [2.24, 2.45) is 0 Å². The molecule has 30 heavy (non-hydrogen) atoms. The molecule has 0 saturated carbocycles. The van der Waals surface area contributed by atoms with E-state index in [4.69, 9.17) is 5.26 Å². The molecule has 0 amide bonds. The van der Waals surface area contributed by atoms with Gasteiger partial charge in [0.1, 0.15) is 0 Å². The summed E-state index contributed by atoms with van der Waals surface area (Å²) < 4.78 is 0. The summed E-state index contributed by atoms with van der Waals surface area (Å²) in [4.78, 5) is 7.79. The first-order valence-electron chi connectivity index (χ1n) is 9.70. The van der Waals surface area contributed by atoms with Gasteiger partial charge in [0.15, 0.2) is 0 Å². The fraction of sp³-hybridized carbons (Fsp3) is 0. The molecule has 0 saturated heterocycles. The van der Waals surface area contributed by atoms with Crippen LogP contribution >= 0.6 is 0 Å². The Morgan fingerprint density at radius 2 is 1.50 bits per heavy atom. The van der Waals surface area contributed by atoms with E-state index in [0.717, 1.165) is 44.8 Å². The fourth-order valence-corrected chi connectivity index (χ4v) is 3.51. The van der Waals surface area contributed by atoms with Gasteiger partial charge in [0, 0.05) is 39.7 Å². The Labute approximate surface area is 174 Å². The molecule has 0 bridgehead atoms. The molecule has 0 aliphatic heterocycles. The predicted octanol–water partition coefficient (Wildman–Crippen LogP) is 6.51. The maximum Gasteiger partial charge on any atom is 0.0992 e. The Balaban J connectivity index is 1.33. The highest BCUT2D eigenvalue weighted by Gasteiger charge is 2.05. The summed E-state index contributed by atoms with van der Waals surface area (Å²) in [6, 6.07) is 32.4. The third-order valence-electron chi connectivity index (χ3n) is 5.08. The second-order valence-electron chi connectivity index (χ2n) is 7.09. The van der Waals surface area contributed by atoms with Gasteiger partial charge in [-0.3, -0.25) is 4.98 Å². The lowest BCUT2D eigenvalue weighted by Gasteiger charge is -2.08. The van der Waals surface area contributed by atoms with Crippen molar-refractivity contribution in [1.82, 2.24) is 9.97 Å². The first-order chi connectivity index (χ1) is 14.8. The minimum Gasteiger partial charge on any atom is -0.356 e. The zero-order valence-corrected chi connectivity index (χ0v) is 16.1. The van der Waals surface area contributed by atoms with Crippen LogP contribution in [0.3, 0.4) is 0 Å². The molecule has 2 heterocycles. The van der Waals surface area contributed by atoms with Crippen molar-refractivity contribution in [3.05, 3.63) is 103 Å². The standard InChI is InChI=1S/C26H18N4/c27-17-18-4-5-21-16-26(30-25(21)15-18)20-8-12-23(13-9-20)29-22-10-6-19(7-11-22)24-3-1-2-14-28-24/h1-16,29-30H. The molecule has 4 nitrogen and oxygen atoms in total. The minimum atomic E-state index is 0.657. The van der Waals surface area contributed by atoms with E-state index in [2.05, 4.69) is 76.0 Å². The average molecular weight is 386 g/mol. The number of nitriles is 1. The summed E-state index contributed by atoms with van der Waals surface area (Å²) in [5.74, 6) is 0. The molecule has 142 valence electrons. The normalized spacial score (nSPS) is 10.6. The number of hydrogen-bond acceptors (Lipinski definition) is 3. The summed E-state index contributed by atoms with van der Waals surface area (Å²) in [6.45, 7) is 0. The molecule has 2 aromatic heterocycles. The highest BCUT2D eigenvalue weighted by atomic mass is 14.9. The first kappa shape index (κ1) is 17.7. The van der Waals surface area contributed by atoms with Gasteiger partial charge in [0.05, 0.1) is 17.3 Å². The second kappa shape index (κ2) is 7.57. The molecule has 0 spiro atoms. The lowest BCUT2D eigenvalue weighted by atomic mass is 10.1. The van der Waals surface area contributed by atoms with E-state index >= 15 is 0 Å². The lowest BCUT2D eigenvalue weighted by molar-refractivity contribution is 1.33. The molecular weight excluding hydrogens is 368 g/mol. The Morgan fingerprint density at radius 3 is 2.17 bits per heavy atom. The molecule has 5 aromatic rings.